The molecule has 2 aliphatic rings. The van der Waals surface area contributed by atoms with Gasteiger partial charge in [0.2, 0.25) is 0 Å². The van der Waals surface area contributed by atoms with Gasteiger partial charge in [0.15, 0.2) is 0 Å². The molecule has 2 aliphatic carbocycles. The van der Waals surface area contributed by atoms with Crippen molar-refractivity contribution < 1.29 is 18.3 Å². The van der Waals surface area contributed by atoms with Gasteiger partial charge in [-0.25, -0.2) is 0 Å². The summed E-state index contributed by atoms with van der Waals surface area (Å²) in [6.07, 6.45) is -0.280. The molecule has 6 heteroatoms. The van der Waals surface area contributed by atoms with Gasteiger partial charge in [-0.15, -0.1) is 0 Å². The summed E-state index contributed by atoms with van der Waals surface area (Å²) in [5, 5.41) is 12.8. The highest BCUT2D eigenvalue weighted by molar-refractivity contribution is 5.02. The standard InChI is InChI=1S/C13H23F3N2O/c1-2-17-12(9-19)6-5-11(7-12)18(10-3-4-10)8-13(14,15)16/h10-11,17,19H,2-9H2,1H3. The fourth-order valence-corrected chi connectivity index (χ4v) is 3.29. The summed E-state index contributed by atoms with van der Waals surface area (Å²) in [6, 6.07) is 0.0445. The van der Waals surface area contributed by atoms with Crippen LogP contribution in [-0.4, -0.2) is 53.5 Å². The molecule has 0 aromatic heterocycles. The summed E-state index contributed by atoms with van der Waals surface area (Å²) in [6.45, 7) is 1.88. The molecular weight excluding hydrogens is 257 g/mol. The van der Waals surface area contributed by atoms with Crippen molar-refractivity contribution in [3.05, 3.63) is 0 Å². The number of aliphatic hydroxyl groups excluding tert-OH is 1. The van der Waals surface area contributed by atoms with E-state index in [4.69, 9.17) is 0 Å². The van der Waals surface area contributed by atoms with Gasteiger partial charge in [0, 0.05) is 17.6 Å². The molecule has 2 rings (SSSR count). The Hall–Kier alpha value is -0.330. The Morgan fingerprint density at radius 1 is 1.26 bits per heavy atom. The molecule has 2 N–H and O–H groups in total. The van der Waals surface area contributed by atoms with Crippen molar-refractivity contribution in [3.63, 3.8) is 0 Å². The maximum atomic E-state index is 12.7. The summed E-state index contributed by atoms with van der Waals surface area (Å²) in [4.78, 5) is 1.62. The fourth-order valence-electron chi connectivity index (χ4n) is 3.29. The average Bonchev–Trinajstić information content (AvgIpc) is 3.08. The molecule has 0 bridgehead atoms. The third-order valence-corrected chi connectivity index (χ3v) is 4.28. The highest BCUT2D eigenvalue weighted by Gasteiger charge is 2.47. The van der Waals surface area contributed by atoms with Crippen LogP contribution in [0.15, 0.2) is 0 Å². The molecule has 2 atom stereocenters. The fraction of sp³-hybridized carbons (Fsp3) is 1.00. The van der Waals surface area contributed by atoms with Crippen molar-refractivity contribution in [2.75, 3.05) is 19.7 Å². The number of alkyl halides is 3. The van der Waals surface area contributed by atoms with Crippen LogP contribution in [0.1, 0.15) is 39.0 Å². The lowest BCUT2D eigenvalue weighted by Crippen LogP contribution is -2.49. The van der Waals surface area contributed by atoms with E-state index in [1.54, 1.807) is 4.90 Å². The number of likely N-dealkylation sites (N-methyl/N-ethyl adjacent to an activating group) is 1. The Labute approximate surface area is 112 Å². The molecule has 19 heavy (non-hydrogen) atoms. The lowest BCUT2D eigenvalue weighted by atomic mass is 9.98. The maximum absolute atomic E-state index is 12.7. The van der Waals surface area contributed by atoms with Gasteiger partial charge >= 0.3 is 6.18 Å². The molecule has 0 heterocycles. The second kappa shape index (κ2) is 5.58. The number of nitrogens with zero attached hydrogens (tertiary/aromatic N) is 1. The first-order valence-electron chi connectivity index (χ1n) is 7.07. The van der Waals surface area contributed by atoms with Crippen molar-refractivity contribution >= 4 is 0 Å². The molecule has 0 aliphatic heterocycles. The van der Waals surface area contributed by atoms with E-state index in [1.165, 1.54) is 0 Å². The van der Waals surface area contributed by atoms with Crippen LogP contribution < -0.4 is 5.32 Å². The van der Waals surface area contributed by atoms with E-state index in [0.29, 0.717) is 6.42 Å². The summed E-state index contributed by atoms with van der Waals surface area (Å²) >= 11 is 0. The first kappa shape index (κ1) is 15.1. The van der Waals surface area contributed by atoms with E-state index in [2.05, 4.69) is 5.32 Å². The molecule has 0 radical (unpaired) electrons. The van der Waals surface area contributed by atoms with Crippen LogP contribution in [0.2, 0.25) is 0 Å². The van der Waals surface area contributed by atoms with Crippen LogP contribution in [0.3, 0.4) is 0 Å². The van der Waals surface area contributed by atoms with Crippen LogP contribution in [0.5, 0.6) is 0 Å². The van der Waals surface area contributed by atoms with Gasteiger partial charge < -0.3 is 10.4 Å². The molecule has 0 spiro atoms. The third kappa shape index (κ3) is 3.83. The minimum absolute atomic E-state index is 0.00185. The maximum Gasteiger partial charge on any atom is 0.401 e. The number of halogens is 3. The molecular formula is C13H23F3N2O. The van der Waals surface area contributed by atoms with Crippen LogP contribution in [0.4, 0.5) is 13.2 Å². The van der Waals surface area contributed by atoms with Crippen molar-refractivity contribution in [1.82, 2.24) is 10.2 Å². The quantitative estimate of drug-likeness (QED) is 0.780. The van der Waals surface area contributed by atoms with Crippen LogP contribution in [0, 0.1) is 0 Å². The predicted molar refractivity (Wildman–Crippen MR) is 66.9 cm³/mol. The Morgan fingerprint density at radius 3 is 2.42 bits per heavy atom. The van der Waals surface area contributed by atoms with Gasteiger partial charge in [0.25, 0.3) is 0 Å². The second-order valence-electron chi connectivity index (χ2n) is 5.88. The second-order valence-corrected chi connectivity index (χ2v) is 5.88. The molecule has 0 aromatic rings. The highest BCUT2D eigenvalue weighted by Crippen LogP contribution is 2.39. The normalized spacial score (nSPS) is 32.2. The molecule has 112 valence electrons. The lowest BCUT2D eigenvalue weighted by molar-refractivity contribution is -0.152. The summed E-state index contributed by atoms with van der Waals surface area (Å²) in [5.74, 6) is 0. The van der Waals surface area contributed by atoms with Crippen LogP contribution >= 0.6 is 0 Å². The van der Waals surface area contributed by atoms with Gasteiger partial charge in [-0.05, 0) is 38.6 Å². The van der Waals surface area contributed by atoms with Crippen molar-refractivity contribution in [1.29, 1.82) is 0 Å². The van der Waals surface area contributed by atoms with Crippen molar-refractivity contribution in [3.8, 4) is 0 Å². The molecule has 0 saturated heterocycles. The molecule has 2 saturated carbocycles. The Bertz CT molecular complexity index is 307. The Kier molecular flexibility index (Phi) is 4.42. The van der Waals surface area contributed by atoms with Gasteiger partial charge in [0.05, 0.1) is 13.2 Å². The summed E-state index contributed by atoms with van der Waals surface area (Å²) in [7, 11) is 0. The predicted octanol–water partition coefficient (Wildman–Crippen LogP) is 1.91. The highest BCUT2D eigenvalue weighted by atomic mass is 19.4. The Balaban J connectivity index is 2.00. The molecule has 0 amide bonds. The van der Waals surface area contributed by atoms with Gasteiger partial charge in [-0.3, -0.25) is 4.90 Å². The van der Waals surface area contributed by atoms with E-state index in [1.807, 2.05) is 6.92 Å². The minimum Gasteiger partial charge on any atom is -0.394 e. The third-order valence-electron chi connectivity index (χ3n) is 4.28. The monoisotopic (exact) mass is 280 g/mol. The van der Waals surface area contributed by atoms with E-state index >= 15 is 0 Å². The van der Waals surface area contributed by atoms with Crippen molar-refractivity contribution in [2.24, 2.45) is 0 Å². The van der Waals surface area contributed by atoms with Gasteiger partial charge in [0.1, 0.15) is 0 Å². The number of aliphatic hydroxyl groups is 1. The first-order valence-corrected chi connectivity index (χ1v) is 7.07. The van der Waals surface area contributed by atoms with Gasteiger partial charge in [-0.2, -0.15) is 13.2 Å². The topological polar surface area (TPSA) is 35.5 Å². The van der Waals surface area contributed by atoms with Crippen LogP contribution in [-0.2, 0) is 0 Å². The SMILES string of the molecule is CCNC1(CO)CCC(N(CC(F)(F)F)C2CC2)C1. The number of hydrogen-bond acceptors (Lipinski definition) is 3. The van der Waals surface area contributed by atoms with E-state index in [0.717, 1.165) is 32.2 Å². The summed E-state index contributed by atoms with van der Waals surface area (Å²) < 4.78 is 38.0. The van der Waals surface area contributed by atoms with E-state index < -0.39 is 12.7 Å². The van der Waals surface area contributed by atoms with E-state index in [9.17, 15) is 18.3 Å². The molecule has 3 nitrogen and oxygen atoms in total. The number of hydrogen-bond donors (Lipinski definition) is 2. The zero-order valence-corrected chi connectivity index (χ0v) is 11.3. The summed E-state index contributed by atoms with van der Waals surface area (Å²) in [5.41, 5.74) is -0.377. The smallest absolute Gasteiger partial charge is 0.394 e. The van der Waals surface area contributed by atoms with E-state index in [-0.39, 0.29) is 24.2 Å². The minimum atomic E-state index is -4.13. The molecule has 0 aromatic carbocycles. The van der Waals surface area contributed by atoms with Gasteiger partial charge in [-0.1, -0.05) is 6.92 Å². The molecule has 2 unspecified atom stereocenters. The first-order chi connectivity index (χ1) is 8.89. The van der Waals surface area contributed by atoms with Crippen LogP contribution in [0.25, 0.3) is 0 Å². The number of nitrogens with one attached hydrogen (secondary N) is 1. The average molecular weight is 280 g/mol. The Morgan fingerprint density at radius 2 is 1.95 bits per heavy atom. The number of rotatable bonds is 6. The largest absolute Gasteiger partial charge is 0.401 e. The zero-order chi connectivity index (χ0) is 14.1. The molecule has 2 fully saturated rings. The van der Waals surface area contributed by atoms with Crippen molar-refractivity contribution in [2.45, 2.75) is 62.8 Å². The lowest BCUT2D eigenvalue weighted by Gasteiger charge is -2.33. The zero-order valence-electron chi connectivity index (χ0n) is 11.3.